The molecule has 27 heavy (non-hydrogen) atoms. The van der Waals surface area contributed by atoms with E-state index in [1.54, 1.807) is 35.8 Å². The Balaban J connectivity index is 1.63. The lowest BCUT2D eigenvalue weighted by molar-refractivity contribution is 0.0994. The number of aromatic nitrogens is 3. The molecule has 0 amide bonds. The second kappa shape index (κ2) is 8.54. The Morgan fingerprint density at radius 1 is 1.19 bits per heavy atom. The zero-order valence-electron chi connectivity index (χ0n) is 14.7. The first-order valence-electron chi connectivity index (χ1n) is 8.17. The lowest BCUT2D eigenvalue weighted by Gasteiger charge is -2.10. The summed E-state index contributed by atoms with van der Waals surface area (Å²) in [5, 5.41) is 9.12. The van der Waals surface area contributed by atoms with Crippen molar-refractivity contribution in [3.05, 3.63) is 70.8 Å². The van der Waals surface area contributed by atoms with Crippen LogP contribution >= 0.6 is 23.4 Å². The van der Waals surface area contributed by atoms with Crippen molar-refractivity contribution in [2.24, 2.45) is 7.05 Å². The Bertz CT molecular complexity index is 929. The third-order valence-corrected chi connectivity index (χ3v) is 5.27. The number of carbonyl (C=O) groups is 1. The first-order chi connectivity index (χ1) is 12.9. The van der Waals surface area contributed by atoms with Gasteiger partial charge in [-0.3, -0.25) is 4.79 Å². The molecule has 0 aliphatic heterocycles. The molecule has 0 radical (unpaired) electrons. The molecule has 5 nitrogen and oxygen atoms in total. The number of nitrogens with zero attached hydrogens (tertiary/aromatic N) is 3. The van der Waals surface area contributed by atoms with Gasteiger partial charge in [0.1, 0.15) is 18.2 Å². The van der Waals surface area contributed by atoms with Gasteiger partial charge >= 0.3 is 0 Å². The molecular weight excluding hydrogens is 389 g/mol. The SMILES string of the molecule is C[C@@H](Sc1nnc(COc2ccc(Cl)cc2)n1C)C(=O)c1ccc(F)cc1. The minimum Gasteiger partial charge on any atom is -0.486 e. The predicted octanol–water partition coefficient (Wildman–Crippen LogP) is 4.55. The van der Waals surface area contributed by atoms with Gasteiger partial charge in [0.25, 0.3) is 0 Å². The molecule has 0 unspecified atom stereocenters. The quantitative estimate of drug-likeness (QED) is 0.426. The van der Waals surface area contributed by atoms with Crippen LogP contribution in [-0.2, 0) is 13.7 Å². The van der Waals surface area contributed by atoms with Crippen molar-refractivity contribution < 1.29 is 13.9 Å². The molecule has 1 aromatic heterocycles. The van der Waals surface area contributed by atoms with Crippen molar-refractivity contribution in [3.63, 3.8) is 0 Å². The average molecular weight is 406 g/mol. The van der Waals surface area contributed by atoms with Gasteiger partial charge in [-0.1, -0.05) is 23.4 Å². The van der Waals surface area contributed by atoms with E-state index in [0.717, 1.165) is 0 Å². The van der Waals surface area contributed by atoms with Crippen LogP contribution in [0.4, 0.5) is 4.39 Å². The Morgan fingerprint density at radius 2 is 1.85 bits per heavy atom. The number of hydrogen-bond acceptors (Lipinski definition) is 5. The zero-order valence-corrected chi connectivity index (χ0v) is 16.3. The molecule has 3 rings (SSSR count). The van der Waals surface area contributed by atoms with Crippen LogP contribution in [0.1, 0.15) is 23.1 Å². The van der Waals surface area contributed by atoms with Crippen molar-refractivity contribution in [1.82, 2.24) is 14.8 Å². The number of rotatable bonds is 7. The summed E-state index contributed by atoms with van der Waals surface area (Å²) in [6.45, 7) is 2.03. The summed E-state index contributed by atoms with van der Waals surface area (Å²) < 4.78 is 20.5. The normalized spacial score (nSPS) is 12.0. The van der Waals surface area contributed by atoms with Crippen molar-refractivity contribution >= 4 is 29.1 Å². The molecule has 0 N–H and O–H groups in total. The maximum absolute atomic E-state index is 13.0. The lowest BCUT2D eigenvalue weighted by Crippen LogP contribution is -2.14. The zero-order chi connectivity index (χ0) is 19.4. The highest BCUT2D eigenvalue weighted by atomic mass is 35.5. The molecular formula is C19H17ClFN3O2S. The van der Waals surface area contributed by atoms with E-state index in [1.165, 1.54) is 36.0 Å². The minimum atomic E-state index is -0.386. The first kappa shape index (κ1) is 19.4. The van der Waals surface area contributed by atoms with E-state index in [9.17, 15) is 9.18 Å². The molecule has 8 heteroatoms. The average Bonchev–Trinajstić information content (AvgIpc) is 3.01. The van der Waals surface area contributed by atoms with Crippen molar-refractivity contribution in [2.45, 2.75) is 23.9 Å². The minimum absolute atomic E-state index is 0.0954. The number of halogens is 2. The molecule has 0 saturated carbocycles. The van der Waals surface area contributed by atoms with Crippen LogP contribution in [0.2, 0.25) is 5.02 Å². The smallest absolute Gasteiger partial charge is 0.191 e. The fraction of sp³-hybridized carbons (Fsp3) is 0.211. The van der Waals surface area contributed by atoms with Crippen LogP contribution in [-0.4, -0.2) is 25.8 Å². The first-order valence-corrected chi connectivity index (χ1v) is 9.43. The summed E-state index contributed by atoms with van der Waals surface area (Å²) in [6, 6.07) is 12.6. The highest BCUT2D eigenvalue weighted by Crippen LogP contribution is 2.25. The Morgan fingerprint density at radius 3 is 2.52 bits per heavy atom. The molecule has 0 saturated heterocycles. The van der Waals surface area contributed by atoms with Gasteiger partial charge in [-0.2, -0.15) is 0 Å². The van der Waals surface area contributed by atoms with Gasteiger partial charge in [-0.05, 0) is 55.5 Å². The second-order valence-corrected chi connectivity index (χ2v) is 7.58. The van der Waals surface area contributed by atoms with Gasteiger partial charge in [-0.15, -0.1) is 10.2 Å². The monoisotopic (exact) mass is 405 g/mol. The van der Waals surface area contributed by atoms with Gasteiger partial charge in [0, 0.05) is 17.6 Å². The van der Waals surface area contributed by atoms with Crippen LogP contribution in [0.25, 0.3) is 0 Å². The topological polar surface area (TPSA) is 57.0 Å². The van der Waals surface area contributed by atoms with Gasteiger partial charge in [0.15, 0.2) is 16.8 Å². The van der Waals surface area contributed by atoms with Crippen LogP contribution in [0, 0.1) is 5.82 Å². The summed E-state index contributed by atoms with van der Waals surface area (Å²) in [7, 11) is 1.82. The van der Waals surface area contributed by atoms with E-state index < -0.39 is 0 Å². The number of ketones is 1. The standard InChI is InChI=1S/C19H17ClFN3O2S/c1-12(18(25)13-3-7-15(21)8-4-13)27-19-23-22-17(24(19)2)11-26-16-9-5-14(20)6-10-16/h3-10,12H,11H2,1-2H3/t12-/m1/s1. The van der Waals surface area contributed by atoms with Crippen LogP contribution in [0.5, 0.6) is 5.75 Å². The summed E-state index contributed by atoms with van der Waals surface area (Å²) in [4.78, 5) is 12.5. The Kier molecular flexibility index (Phi) is 6.13. The maximum Gasteiger partial charge on any atom is 0.191 e. The molecule has 1 atom stereocenters. The van der Waals surface area contributed by atoms with Crippen molar-refractivity contribution in [2.75, 3.05) is 0 Å². The highest BCUT2D eigenvalue weighted by molar-refractivity contribution is 8.00. The summed E-state index contributed by atoms with van der Waals surface area (Å²) in [5.41, 5.74) is 0.463. The van der Waals surface area contributed by atoms with Crippen LogP contribution in [0.15, 0.2) is 53.7 Å². The van der Waals surface area contributed by atoms with E-state index in [2.05, 4.69) is 10.2 Å². The lowest BCUT2D eigenvalue weighted by atomic mass is 10.1. The second-order valence-electron chi connectivity index (χ2n) is 5.83. The number of Topliss-reactive ketones (excluding diaryl/α,β-unsaturated/α-hetero) is 1. The number of ether oxygens (including phenoxy) is 1. The van der Waals surface area contributed by atoms with Crippen LogP contribution < -0.4 is 4.74 Å². The van der Waals surface area contributed by atoms with E-state index >= 15 is 0 Å². The highest BCUT2D eigenvalue weighted by Gasteiger charge is 2.20. The summed E-state index contributed by atoms with van der Waals surface area (Å²) in [6.07, 6.45) is 0. The largest absolute Gasteiger partial charge is 0.486 e. The fourth-order valence-corrected chi connectivity index (χ4v) is 3.35. The van der Waals surface area contributed by atoms with Gasteiger partial charge < -0.3 is 9.30 Å². The van der Waals surface area contributed by atoms with E-state index in [-0.39, 0.29) is 23.5 Å². The maximum atomic E-state index is 13.0. The number of hydrogen-bond donors (Lipinski definition) is 0. The molecule has 0 aliphatic rings. The fourth-order valence-electron chi connectivity index (χ4n) is 2.31. The van der Waals surface area contributed by atoms with Crippen LogP contribution in [0.3, 0.4) is 0 Å². The number of thioether (sulfide) groups is 1. The third kappa shape index (κ3) is 4.87. The molecule has 1 heterocycles. The third-order valence-electron chi connectivity index (χ3n) is 3.89. The van der Waals surface area contributed by atoms with Crippen molar-refractivity contribution in [1.29, 1.82) is 0 Å². The van der Waals surface area contributed by atoms with Gasteiger partial charge in [0.05, 0.1) is 5.25 Å². The Hall–Kier alpha value is -2.38. The molecule has 0 spiro atoms. The molecule has 2 aromatic carbocycles. The molecule has 0 fully saturated rings. The van der Waals surface area contributed by atoms with E-state index in [4.69, 9.17) is 16.3 Å². The van der Waals surface area contributed by atoms with Gasteiger partial charge in [-0.25, -0.2) is 4.39 Å². The number of benzene rings is 2. The summed E-state index contributed by atoms with van der Waals surface area (Å²) >= 11 is 7.15. The predicted molar refractivity (Wildman–Crippen MR) is 103 cm³/mol. The van der Waals surface area contributed by atoms with E-state index in [0.29, 0.717) is 27.3 Å². The van der Waals surface area contributed by atoms with E-state index in [1.807, 2.05) is 7.05 Å². The van der Waals surface area contributed by atoms with Gasteiger partial charge in [0.2, 0.25) is 0 Å². The van der Waals surface area contributed by atoms with Crippen molar-refractivity contribution in [3.8, 4) is 5.75 Å². The molecule has 0 aliphatic carbocycles. The number of carbonyl (C=O) groups excluding carboxylic acids is 1. The molecule has 140 valence electrons. The summed E-state index contributed by atoms with van der Waals surface area (Å²) in [5.74, 6) is 0.845. The Labute approximate surface area is 165 Å². The molecule has 3 aromatic rings. The molecule has 0 bridgehead atoms.